The molecule has 0 aliphatic heterocycles. The van der Waals surface area contributed by atoms with Gasteiger partial charge in [0.15, 0.2) is 5.13 Å². The van der Waals surface area contributed by atoms with E-state index in [1.54, 1.807) is 30.2 Å². The third-order valence-electron chi connectivity index (χ3n) is 4.70. The molecule has 10 heteroatoms. The molecule has 1 aromatic heterocycles. The highest BCUT2D eigenvalue weighted by molar-refractivity contribution is 7.22. The number of non-ortho nitro benzene ring substituents is 1. The topological polar surface area (TPSA) is 88.8 Å². The molecule has 0 N–H and O–H groups in total. The van der Waals surface area contributed by atoms with Crippen LogP contribution in [0.2, 0.25) is 0 Å². The third-order valence-corrected chi connectivity index (χ3v) is 5.92. The van der Waals surface area contributed by atoms with Gasteiger partial charge in [0.1, 0.15) is 11.3 Å². The van der Waals surface area contributed by atoms with Crippen molar-refractivity contribution in [1.29, 1.82) is 0 Å². The molecule has 0 fully saturated rings. The average molecular weight is 477 g/mol. The van der Waals surface area contributed by atoms with Crippen molar-refractivity contribution in [2.45, 2.75) is 6.92 Å². The number of nitrogens with zero attached hydrogens (tertiary/aromatic N) is 4. The van der Waals surface area contributed by atoms with Crippen LogP contribution in [0, 0.1) is 17.0 Å². The summed E-state index contributed by atoms with van der Waals surface area (Å²) in [5.41, 5.74) is 2.52. The Bertz CT molecular complexity index is 1130. The number of methoxy groups -OCH3 is 1. The maximum atomic E-state index is 13.1. The minimum absolute atomic E-state index is 0. The number of aromatic nitrogens is 1. The highest BCUT2D eigenvalue weighted by Crippen LogP contribution is 2.36. The minimum atomic E-state index is -0.453. The molecule has 32 heavy (non-hydrogen) atoms. The lowest BCUT2D eigenvalue weighted by molar-refractivity contribution is -0.384. The van der Waals surface area contributed by atoms with Crippen LogP contribution in [0.1, 0.15) is 11.1 Å². The summed E-state index contributed by atoms with van der Waals surface area (Å²) in [4.78, 5) is 31.8. The van der Waals surface area contributed by atoms with E-state index < -0.39 is 4.92 Å². The number of carbonyl (C=O) groups is 1. The average Bonchev–Trinajstić information content (AvgIpc) is 3.18. The van der Waals surface area contributed by atoms with E-state index in [4.69, 9.17) is 9.72 Å². The van der Waals surface area contributed by atoms with Crippen LogP contribution in [0.25, 0.3) is 16.3 Å². The molecule has 0 spiro atoms. The molecule has 0 saturated carbocycles. The maximum absolute atomic E-state index is 13.1. The van der Waals surface area contributed by atoms with E-state index in [2.05, 4.69) is 0 Å². The first-order valence-corrected chi connectivity index (χ1v) is 10.4. The molecule has 1 heterocycles. The summed E-state index contributed by atoms with van der Waals surface area (Å²) in [6.45, 7) is 3.14. The molecule has 0 bridgehead atoms. The summed E-state index contributed by atoms with van der Waals surface area (Å²) >= 11 is 1.45. The van der Waals surface area contributed by atoms with Crippen LogP contribution < -0.4 is 9.64 Å². The Morgan fingerprint density at radius 3 is 2.47 bits per heavy atom. The van der Waals surface area contributed by atoms with E-state index in [0.717, 1.165) is 15.8 Å². The smallest absolute Gasteiger partial charge is 0.269 e. The zero-order valence-corrected chi connectivity index (χ0v) is 19.9. The number of fused-ring (bicyclic) bond motifs is 1. The van der Waals surface area contributed by atoms with E-state index in [1.807, 2.05) is 38.1 Å². The molecule has 0 saturated heterocycles. The number of aryl methyl sites for hydroxylation is 1. The lowest BCUT2D eigenvalue weighted by Gasteiger charge is -2.20. The number of benzene rings is 2. The van der Waals surface area contributed by atoms with Crippen LogP contribution in [0.15, 0.2) is 42.5 Å². The second-order valence-electron chi connectivity index (χ2n) is 7.23. The number of carbonyl (C=O) groups excluding carboxylic acids is 1. The van der Waals surface area contributed by atoms with Crippen molar-refractivity contribution in [3.63, 3.8) is 0 Å². The van der Waals surface area contributed by atoms with Crippen LogP contribution >= 0.6 is 23.7 Å². The van der Waals surface area contributed by atoms with Crippen molar-refractivity contribution in [2.75, 3.05) is 39.2 Å². The first kappa shape index (κ1) is 25.3. The van der Waals surface area contributed by atoms with Crippen molar-refractivity contribution < 1.29 is 14.5 Å². The Hall–Kier alpha value is -3.01. The molecule has 2 aromatic carbocycles. The van der Waals surface area contributed by atoms with E-state index in [1.165, 1.54) is 29.5 Å². The van der Waals surface area contributed by atoms with Crippen molar-refractivity contribution in [3.05, 3.63) is 63.7 Å². The maximum Gasteiger partial charge on any atom is 0.269 e. The van der Waals surface area contributed by atoms with Crippen LogP contribution in [-0.2, 0) is 4.79 Å². The van der Waals surface area contributed by atoms with E-state index in [9.17, 15) is 14.9 Å². The number of halogens is 1. The molecule has 1 amide bonds. The van der Waals surface area contributed by atoms with Crippen LogP contribution in [0.3, 0.4) is 0 Å². The number of rotatable bonds is 8. The lowest BCUT2D eigenvalue weighted by Crippen LogP contribution is -2.35. The van der Waals surface area contributed by atoms with E-state index in [-0.39, 0.29) is 24.0 Å². The van der Waals surface area contributed by atoms with Gasteiger partial charge in [0, 0.05) is 31.3 Å². The summed E-state index contributed by atoms with van der Waals surface area (Å²) in [5.74, 6) is 0.459. The fraction of sp³-hybridized carbons (Fsp3) is 0.273. The van der Waals surface area contributed by atoms with Gasteiger partial charge < -0.3 is 9.64 Å². The fourth-order valence-corrected chi connectivity index (χ4v) is 4.03. The van der Waals surface area contributed by atoms with Gasteiger partial charge in [-0.3, -0.25) is 19.8 Å². The number of hydrogen-bond acceptors (Lipinski definition) is 7. The summed E-state index contributed by atoms with van der Waals surface area (Å²) in [5, 5.41) is 11.4. The van der Waals surface area contributed by atoms with Gasteiger partial charge in [0.05, 0.1) is 16.7 Å². The second kappa shape index (κ2) is 11.0. The van der Waals surface area contributed by atoms with Gasteiger partial charge >= 0.3 is 0 Å². The van der Waals surface area contributed by atoms with E-state index >= 15 is 0 Å². The molecule has 3 rings (SSSR count). The molecule has 170 valence electrons. The van der Waals surface area contributed by atoms with Crippen LogP contribution in [-0.4, -0.2) is 55.0 Å². The molecular weight excluding hydrogens is 452 g/mol. The Morgan fingerprint density at radius 1 is 1.19 bits per heavy atom. The molecule has 3 aromatic rings. The number of nitro groups is 1. The van der Waals surface area contributed by atoms with E-state index in [0.29, 0.717) is 29.5 Å². The van der Waals surface area contributed by atoms with Crippen molar-refractivity contribution >= 4 is 56.8 Å². The zero-order valence-electron chi connectivity index (χ0n) is 18.3. The van der Waals surface area contributed by atoms with Gasteiger partial charge in [-0.1, -0.05) is 17.4 Å². The number of thiazole rings is 1. The van der Waals surface area contributed by atoms with Gasteiger partial charge in [-0.2, -0.15) is 0 Å². The lowest BCUT2D eigenvalue weighted by atomic mass is 10.2. The normalized spacial score (nSPS) is 11.0. The predicted molar refractivity (Wildman–Crippen MR) is 131 cm³/mol. The number of nitro benzene ring substituents is 1. The Balaban J connectivity index is 0.00000363. The van der Waals surface area contributed by atoms with Gasteiger partial charge in [-0.05, 0) is 56.4 Å². The SMILES string of the molecule is COc1ccc(C)c2sc(N(CCN(C)C)C(=O)C=Cc3ccc([N+](=O)[O-])cc3)nc12.Cl. The van der Waals surface area contributed by atoms with Crippen molar-refractivity contribution in [1.82, 2.24) is 9.88 Å². The van der Waals surface area contributed by atoms with Gasteiger partial charge in [-0.15, -0.1) is 12.4 Å². The number of likely N-dealkylation sites (N-methyl/N-ethyl adjacent to an activating group) is 1. The molecule has 8 nitrogen and oxygen atoms in total. The van der Waals surface area contributed by atoms with Gasteiger partial charge in [0.2, 0.25) is 0 Å². The summed E-state index contributed by atoms with van der Waals surface area (Å²) < 4.78 is 6.42. The van der Waals surface area contributed by atoms with Gasteiger partial charge in [-0.25, -0.2) is 4.98 Å². The van der Waals surface area contributed by atoms with Crippen molar-refractivity contribution in [3.8, 4) is 5.75 Å². The summed E-state index contributed by atoms with van der Waals surface area (Å²) in [7, 11) is 5.49. The number of hydrogen-bond donors (Lipinski definition) is 0. The van der Waals surface area contributed by atoms with Crippen LogP contribution in [0.5, 0.6) is 5.75 Å². The van der Waals surface area contributed by atoms with Crippen molar-refractivity contribution in [2.24, 2.45) is 0 Å². The second-order valence-corrected chi connectivity index (χ2v) is 8.21. The Morgan fingerprint density at radius 2 is 1.88 bits per heavy atom. The monoisotopic (exact) mass is 476 g/mol. The highest BCUT2D eigenvalue weighted by Gasteiger charge is 2.20. The highest BCUT2D eigenvalue weighted by atomic mass is 35.5. The molecule has 0 aliphatic carbocycles. The van der Waals surface area contributed by atoms with Crippen LogP contribution in [0.4, 0.5) is 10.8 Å². The first-order valence-electron chi connectivity index (χ1n) is 9.63. The number of anilines is 1. The summed E-state index contributed by atoms with van der Waals surface area (Å²) in [6.07, 6.45) is 3.11. The quantitative estimate of drug-likeness (QED) is 0.269. The Kier molecular flexibility index (Phi) is 8.71. The zero-order chi connectivity index (χ0) is 22.5. The van der Waals surface area contributed by atoms with Gasteiger partial charge in [0.25, 0.3) is 11.6 Å². The summed E-state index contributed by atoms with van der Waals surface area (Å²) in [6, 6.07) is 9.90. The minimum Gasteiger partial charge on any atom is -0.494 e. The standard InChI is InChI=1S/C22H24N4O4S.ClH/c1-15-5-11-18(30-4)20-21(15)31-22(23-20)25(14-13-24(2)3)19(27)12-8-16-6-9-17(10-7-16)26(28)29;/h5-12H,13-14H2,1-4H3;1H. The predicted octanol–water partition coefficient (Wildman–Crippen LogP) is 4.55. The first-order chi connectivity index (χ1) is 14.8. The number of amides is 1. The number of ether oxygens (including phenoxy) is 1. The molecule has 0 aliphatic rings. The third kappa shape index (κ3) is 5.82. The Labute approximate surface area is 196 Å². The molecule has 0 atom stereocenters. The molecular formula is C22H25ClN4O4S. The fourth-order valence-electron chi connectivity index (χ4n) is 2.94. The molecule has 0 radical (unpaired) electrons. The largest absolute Gasteiger partial charge is 0.494 e. The molecule has 0 unspecified atom stereocenters.